The van der Waals surface area contributed by atoms with E-state index >= 15 is 0 Å². The van der Waals surface area contributed by atoms with Gasteiger partial charge in [-0.25, -0.2) is 9.18 Å². The Morgan fingerprint density at radius 2 is 2.00 bits per heavy atom. The van der Waals surface area contributed by atoms with E-state index < -0.39 is 17.5 Å². The van der Waals surface area contributed by atoms with Crippen LogP contribution in [0.3, 0.4) is 0 Å². The first-order valence-electron chi connectivity index (χ1n) is 13.1. The molecule has 10 heteroatoms. The molecule has 2 aliphatic rings. The fourth-order valence-corrected chi connectivity index (χ4v) is 5.41. The maximum Gasteiger partial charge on any atom is 0.420 e. The largest absolute Gasteiger partial charge is 0.420 e. The molecule has 0 radical (unpaired) electrons. The maximum atomic E-state index is 13.3. The Bertz CT molecular complexity index is 1680. The molecule has 0 spiro atoms. The number of aromatic nitrogens is 3. The molecule has 2 amide bonds. The molecule has 1 aliphatic carbocycles. The number of halogens is 1. The normalized spacial score (nSPS) is 16.6. The van der Waals surface area contributed by atoms with Crippen LogP contribution in [-0.4, -0.2) is 26.3 Å². The van der Waals surface area contributed by atoms with Crippen LogP contribution < -0.4 is 16.8 Å². The summed E-state index contributed by atoms with van der Waals surface area (Å²) < 4.78 is 20.2. The number of fused-ring (bicyclic) bond motifs is 2. The van der Waals surface area contributed by atoms with E-state index in [4.69, 9.17) is 15.1 Å². The molecule has 0 bridgehead atoms. The van der Waals surface area contributed by atoms with Crippen molar-refractivity contribution < 1.29 is 18.4 Å². The molecule has 0 saturated heterocycles. The first-order chi connectivity index (χ1) is 18.7. The zero-order valence-corrected chi connectivity index (χ0v) is 21.7. The number of carbonyl (C=O) groups excluding carboxylic acids is 2. The smallest absolute Gasteiger partial charge is 0.408 e. The third-order valence-corrected chi connectivity index (χ3v) is 7.34. The van der Waals surface area contributed by atoms with Gasteiger partial charge in [-0.3, -0.25) is 24.1 Å². The number of hydrogen-bond donors (Lipinski definition) is 2. The number of amides is 2. The van der Waals surface area contributed by atoms with Crippen LogP contribution >= 0.6 is 0 Å². The van der Waals surface area contributed by atoms with E-state index in [9.17, 15) is 18.8 Å². The van der Waals surface area contributed by atoms with Crippen molar-refractivity contribution in [3.05, 3.63) is 81.1 Å². The molecule has 39 heavy (non-hydrogen) atoms. The molecular weight excluding hydrogens is 501 g/mol. The lowest BCUT2D eigenvalue weighted by Gasteiger charge is -2.18. The van der Waals surface area contributed by atoms with Gasteiger partial charge >= 0.3 is 5.76 Å². The van der Waals surface area contributed by atoms with Crippen molar-refractivity contribution in [3.63, 3.8) is 0 Å². The molecule has 200 valence electrons. The van der Waals surface area contributed by atoms with Crippen molar-refractivity contribution in [2.24, 2.45) is 17.6 Å². The predicted octanol–water partition coefficient (Wildman–Crippen LogP) is 4.12. The van der Waals surface area contributed by atoms with E-state index in [2.05, 4.69) is 10.3 Å². The highest BCUT2D eigenvalue weighted by molar-refractivity contribution is 6.11. The van der Waals surface area contributed by atoms with E-state index in [0.717, 1.165) is 25.5 Å². The molecule has 4 aromatic rings. The van der Waals surface area contributed by atoms with Gasteiger partial charge in [-0.1, -0.05) is 32.8 Å². The minimum absolute atomic E-state index is 0.0897. The summed E-state index contributed by atoms with van der Waals surface area (Å²) in [6.07, 6.45) is 4.67. The number of benzene rings is 1. The van der Waals surface area contributed by atoms with E-state index in [1.807, 2.05) is 13.8 Å². The summed E-state index contributed by atoms with van der Waals surface area (Å²) in [4.78, 5) is 47.8. The molecule has 1 aliphatic heterocycles. The summed E-state index contributed by atoms with van der Waals surface area (Å²) in [5.41, 5.74) is 9.88. The third kappa shape index (κ3) is 4.60. The number of hydrogen-bond acceptors (Lipinski definition) is 6. The minimum Gasteiger partial charge on any atom is -0.408 e. The molecule has 6 rings (SSSR count). The van der Waals surface area contributed by atoms with Gasteiger partial charge in [-0.05, 0) is 54.5 Å². The lowest BCUT2D eigenvalue weighted by Crippen LogP contribution is -2.20. The molecule has 1 unspecified atom stereocenters. The van der Waals surface area contributed by atoms with Crippen LogP contribution in [0.15, 0.2) is 45.7 Å². The fourth-order valence-electron chi connectivity index (χ4n) is 5.41. The maximum absolute atomic E-state index is 13.3. The SMILES string of the molecule is CC(C)Cc1nc2c(c(-c3ccc4c(c3)oc(=O)n4Cc3ccc(F)cn3)c1C(N)=O)C(=O)NC2CC1CC1. The van der Waals surface area contributed by atoms with Gasteiger partial charge in [0.25, 0.3) is 11.8 Å². The highest BCUT2D eigenvalue weighted by Crippen LogP contribution is 2.43. The number of pyridine rings is 2. The summed E-state index contributed by atoms with van der Waals surface area (Å²) >= 11 is 0. The second-order valence-electron chi connectivity index (χ2n) is 10.8. The summed E-state index contributed by atoms with van der Waals surface area (Å²) in [5.74, 6) is -1.29. The fraction of sp³-hybridized carbons (Fsp3) is 0.345. The quantitative estimate of drug-likeness (QED) is 0.353. The first kappa shape index (κ1) is 25.0. The second-order valence-corrected chi connectivity index (χ2v) is 10.8. The summed E-state index contributed by atoms with van der Waals surface area (Å²) in [6, 6.07) is 7.65. The Kier molecular flexibility index (Phi) is 6.05. The van der Waals surface area contributed by atoms with Crippen molar-refractivity contribution in [2.45, 2.75) is 52.1 Å². The molecule has 1 fully saturated rings. The van der Waals surface area contributed by atoms with E-state index in [0.29, 0.717) is 51.6 Å². The van der Waals surface area contributed by atoms with Gasteiger partial charge in [0.15, 0.2) is 5.58 Å². The van der Waals surface area contributed by atoms with Crippen molar-refractivity contribution in [2.75, 3.05) is 0 Å². The van der Waals surface area contributed by atoms with Gasteiger partial charge in [0.2, 0.25) is 0 Å². The van der Waals surface area contributed by atoms with E-state index in [1.54, 1.807) is 18.2 Å². The van der Waals surface area contributed by atoms with Gasteiger partial charge in [0.1, 0.15) is 5.82 Å². The standard InChI is InChI=1S/C29H28FN5O4/c1-14(2)9-19-24(27(31)36)23(25-26(33-19)20(34-28(25)37)10-15-3-4-15)16-5-8-21-22(11-16)39-29(38)35(21)13-18-7-6-17(30)12-32-18/h5-8,11-12,14-15,20H,3-4,9-10,13H2,1-2H3,(H2,31,36)(H,34,37). The summed E-state index contributed by atoms with van der Waals surface area (Å²) in [6.45, 7) is 4.15. The molecule has 3 aromatic heterocycles. The highest BCUT2D eigenvalue weighted by atomic mass is 19.1. The average Bonchev–Trinajstić information content (AvgIpc) is 3.58. The second kappa shape index (κ2) is 9.44. The third-order valence-electron chi connectivity index (χ3n) is 7.34. The van der Waals surface area contributed by atoms with Gasteiger partial charge < -0.3 is 15.5 Å². The summed E-state index contributed by atoms with van der Waals surface area (Å²) in [7, 11) is 0. The average molecular weight is 530 g/mol. The number of nitrogens with zero attached hydrogens (tertiary/aromatic N) is 3. The molecule has 1 saturated carbocycles. The predicted molar refractivity (Wildman–Crippen MR) is 142 cm³/mol. The Hall–Kier alpha value is -4.34. The molecule has 9 nitrogen and oxygen atoms in total. The Labute approximate surface area is 223 Å². The topological polar surface area (TPSA) is 133 Å². The highest BCUT2D eigenvalue weighted by Gasteiger charge is 2.39. The van der Waals surface area contributed by atoms with Crippen LogP contribution in [0.4, 0.5) is 4.39 Å². The molecule has 4 heterocycles. The van der Waals surface area contributed by atoms with Gasteiger partial charge in [-0.2, -0.15) is 0 Å². The number of oxazole rings is 1. The molecule has 1 atom stereocenters. The van der Waals surface area contributed by atoms with Crippen molar-refractivity contribution in [1.82, 2.24) is 19.9 Å². The zero-order chi connectivity index (χ0) is 27.4. The minimum atomic E-state index is -0.670. The van der Waals surface area contributed by atoms with Crippen molar-refractivity contribution >= 4 is 22.9 Å². The number of primary amides is 1. The Morgan fingerprint density at radius 1 is 1.21 bits per heavy atom. The lowest BCUT2D eigenvalue weighted by atomic mass is 9.89. The zero-order valence-electron chi connectivity index (χ0n) is 21.7. The number of nitrogens with one attached hydrogen (secondary N) is 1. The number of nitrogens with two attached hydrogens (primary N) is 1. The number of carbonyl (C=O) groups is 2. The van der Waals surface area contributed by atoms with Crippen LogP contribution in [0.25, 0.3) is 22.2 Å². The van der Waals surface area contributed by atoms with E-state index in [-0.39, 0.29) is 35.6 Å². The van der Waals surface area contributed by atoms with Crippen molar-refractivity contribution in [3.8, 4) is 11.1 Å². The van der Waals surface area contributed by atoms with Crippen molar-refractivity contribution in [1.29, 1.82) is 0 Å². The van der Waals surface area contributed by atoms with Crippen LogP contribution in [0.5, 0.6) is 0 Å². The van der Waals surface area contributed by atoms with Gasteiger partial charge in [0.05, 0.1) is 52.5 Å². The van der Waals surface area contributed by atoms with Crippen LogP contribution in [0.2, 0.25) is 0 Å². The van der Waals surface area contributed by atoms with E-state index in [1.165, 1.54) is 16.7 Å². The van der Waals surface area contributed by atoms with Crippen LogP contribution in [0.1, 0.15) is 76.9 Å². The van der Waals surface area contributed by atoms with Crippen LogP contribution in [0, 0.1) is 17.7 Å². The monoisotopic (exact) mass is 529 g/mol. The number of rotatable bonds is 8. The Morgan fingerprint density at radius 3 is 2.67 bits per heavy atom. The van der Waals surface area contributed by atoms with Crippen LogP contribution in [-0.2, 0) is 13.0 Å². The lowest BCUT2D eigenvalue weighted by molar-refractivity contribution is 0.0954. The van der Waals surface area contributed by atoms with Gasteiger partial charge in [-0.15, -0.1) is 0 Å². The first-order valence-corrected chi connectivity index (χ1v) is 13.1. The molecule has 1 aromatic carbocycles. The molecular formula is C29H28FN5O4. The van der Waals surface area contributed by atoms with Gasteiger partial charge in [0, 0.05) is 5.56 Å². The Balaban J connectivity index is 1.52. The molecule has 3 N–H and O–H groups in total. The summed E-state index contributed by atoms with van der Waals surface area (Å²) in [5, 5.41) is 3.06.